The van der Waals surface area contributed by atoms with Crippen LogP contribution in [0.3, 0.4) is 0 Å². The molecule has 3 heterocycles. The minimum atomic E-state index is -4.90. The number of nitrogens with two attached hydrogens (primary N) is 1. The highest BCUT2D eigenvalue weighted by molar-refractivity contribution is 5.98. The van der Waals surface area contributed by atoms with Crippen molar-refractivity contribution in [1.82, 2.24) is 30.4 Å². The van der Waals surface area contributed by atoms with E-state index in [1.165, 1.54) is 24.5 Å². The maximum Gasteiger partial charge on any atom is 0.573 e. The maximum atomic E-state index is 12.7. The SMILES string of the molecule is Nc1ncnc2c1c(-c1ccc(CNC(=O)c3ccccc3OC(F)(F)F)cc1)nn2[C@@H]1CCCNC1. The van der Waals surface area contributed by atoms with Gasteiger partial charge in [-0.2, -0.15) is 5.10 Å². The van der Waals surface area contributed by atoms with Gasteiger partial charge in [0.15, 0.2) is 5.65 Å². The quantitative estimate of drug-likeness (QED) is 0.360. The molecule has 0 radical (unpaired) electrons. The van der Waals surface area contributed by atoms with E-state index >= 15 is 0 Å². The van der Waals surface area contributed by atoms with Gasteiger partial charge in [-0.15, -0.1) is 13.2 Å². The van der Waals surface area contributed by atoms with E-state index in [1.54, 1.807) is 12.1 Å². The molecular weight excluding hydrogens is 487 g/mol. The number of alkyl halides is 3. The third-order valence-corrected chi connectivity index (χ3v) is 6.17. The number of carbonyl (C=O) groups is 1. The van der Waals surface area contributed by atoms with Crippen molar-refractivity contribution in [2.24, 2.45) is 0 Å². The first-order valence-electron chi connectivity index (χ1n) is 11.7. The monoisotopic (exact) mass is 511 g/mol. The van der Waals surface area contributed by atoms with Crippen molar-refractivity contribution in [2.75, 3.05) is 18.8 Å². The predicted octanol–water partition coefficient (Wildman–Crippen LogP) is 3.83. The molecule has 0 unspecified atom stereocenters. The summed E-state index contributed by atoms with van der Waals surface area (Å²) in [6.07, 6.45) is -1.46. The zero-order valence-electron chi connectivity index (χ0n) is 19.6. The van der Waals surface area contributed by atoms with Gasteiger partial charge in [-0.1, -0.05) is 36.4 Å². The normalized spacial score (nSPS) is 16.0. The van der Waals surface area contributed by atoms with E-state index in [0.29, 0.717) is 22.5 Å². The van der Waals surface area contributed by atoms with Gasteiger partial charge in [0.1, 0.15) is 23.6 Å². The largest absolute Gasteiger partial charge is 0.573 e. The Kier molecular flexibility index (Phi) is 6.66. The summed E-state index contributed by atoms with van der Waals surface area (Å²) in [6.45, 7) is 1.86. The van der Waals surface area contributed by atoms with Crippen LogP contribution in [0.4, 0.5) is 19.0 Å². The lowest BCUT2D eigenvalue weighted by Gasteiger charge is -2.23. The van der Waals surface area contributed by atoms with Gasteiger partial charge >= 0.3 is 6.36 Å². The molecule has 5 rings (SSSR count). The molecule has 2 aromatic carbocycles. The van der Waals surface area contributed by atoms with Crippen LogP contribution < -0.4 is 21.1 Å². The Bertz CT molecular complexity index is 1410. The van der Waals surface area contributed by atoms with E-state index in [1.807, 2.05) is 16.8 Å². The molecule has 1 amide bonds. The summed E-state index contributed by atoms with van der Waals surface area (Å²) in [4.78, 5) is 21.1. The van der Waals surface area contributed by atoms with E-state index in [9.17, 15) is 18.0 Å². The fourth-order valence-electron chi connectivity index (χ4n) is 4.42. The van der Waals surface area contributed by atoms with Gasteiger partial charge in [-0.05, 0) is 37.1 Å². The zero-order valence-corrected chi connectivity index (χ0v) is 19.6. The van der Waals surface area contributed by atoms with Crippen molar-refractivity contribution in [2.45, 2.75) is 31.8 Å². The van der Waals surface area contributed by atoms with Gasteiger partial charge in [0, 0.05) is 18.7 Å². The number of carbonyl (C=O) groups excluding carboxylic acids is 1. The molecule has 1 fully saturated rings. The number of nitrogens with one attached hydrogen (secondary N) is 2. The number of hydrogen-bond acceptors (Lipinski definition) is 7. The van der Waals surface area contributed by atoms with Crippen molar-refractivity contribution in [3.8, 4) is 17.0 Å². The standard InChI is InChI=1S/C25H24F3N7O2/c26-25(27,28)37-19-6-2-1-5-18(19)24(36)31-12-15-7-9-16(10-8-15)21-20-22(29)32-14-33-23(20)35(34-21)17-4-3-11-30-13-17/h1-2,5-10,14,17,30H,3-4,11-13H2,(H,31,36)(H2,29,32,33)/t17-/m1/s1. The van der Waals surface area contributed by atoms with Gasteiger partial charge in [0.05, 0.1) is 17.0 Å². The van der Waals surface area contributed by atoms with Crippen LogP contribution >= 0.6 is 0 Å². The smallest absolute Gasteiger partial charge is 0.405 e. The zero-order chi connectivity index (χ0) is 26.0. The molecule has 1 atom stereocenters. The number of halogens is 3. The highest BCUT2D eigenvalue weighted by Crippen LogP contribution is 2.33. The third kappa shape index (κ3) is 5.33. The molecule has 37 heavy (non-hydrogen) atoms. The first-order chi connectivity index (χ1) is 17.8. The summed E-state index contributed by atoms with van der Waals surface area (Å²) in [5.41, 5.74) is 8.88. The summed E-state index contributed by atoms with van der Waals surface area (Å²) < 4.78 is 43.9. The molecule has 0 bridgehead atoms. The van der Waals surface area contributed by atoms with Crippen LogP contribution in [-0.2, 0) is 6.54 Å². The molecule has 4 N–H and O–H groups in total. The van der Waals surface area contributed by atoms with Gasteiger partial charge in [0.2, 0.25) is 0 Å². The fraction of sp³-hybridized carbons (Fsp3) is 0.280. The van der Waals surface area contributed by atoms with E-state index < -0.39 is 18.0 Å². The minimum Gasteiger partial charge on any atom is -0.405 e. The number of fused-ring (bicyclic) bond motifs is 1. The molecule has 9 nitrogen and oxygen atoms in total. The highest BCUT2D eigenvalue weighted by atomic mass is 19.4. The number of amides is 1. The molecule has 1 aliphatic rings. The average molecular weight is 512 g/mol. The lowest BCUT2D eigenvalue weighted by atomic mass is 10.1. The van der Waals surface area contributed by atoms with Gasteiger partial charge in [-0.25, -0.2) is 14.6 Å². The Labute approximate surface area is 209 Å². The number of nitrogens with zero attached hydrogens (tertiary/aromatic N) is 4. The third-order valence-electron chi connectivity index (χ3n) is 6.17. The van der Waals surface area contributed by atoms with Crippen molar-refractivity contribution in [3.05, 3.63) is 66.0 Å². The predicted molar refractivity (Wildman–Crippen MR) is 131 cm³/mol. The second-order valence-electron chi connectivity index (χ2n) is 8.67. The summed E-state index contributed by atoms with van der Waals surface area (Å²) in [7, 11) is 0. The van der Waals surface area contributed by atoms with Crippen molar-refractivity contribution >= 4 is 22.8 Å². The van der Waals surface area contributed by atoms with E-state index in [2.05, 4.69) is 25.3 Å². The molecule has 1 saturated heterocycles. The summed E-state index contributed by atoms with van der Waals surface area (Å²) in [6, 6.07) is 12.7. The van der Waals surface area contributed by atoms with Gasteiger partial charge in [-0.3, -0.25) is 4.79 Å². The number of rotatable bonds is 6. The van der Waals surface area contributed by atoms with Crippen LogP contribution in [-0.4, -0.2) is 45.1 Å². The lowest BCUT2D eigenvalue weighted by molar-refractivity contribution is -0.274. The van der Waals surface area contributed by atoms with Crippen molar-refractivity contribution < 1.29 is 22.7 Å². The highest BCUT2D eigenvalue weighted by Gasteiger charge is 2.32. The van der Waals surface area contributed by atoms with Crippen LogP contribution in [0.5, 0.6) is 5.75 Å². The Morgan fingerprint density at radius 3 is 2.68 bits per heavy atom. The summed E-state index contributed by atoms with van der Waals surface area (Å²) >= 11 is 0. The maximum absolute atomic E-state index is 12.7. The number of aromatic nitrogens is 4. The van der Waals surface area contributed by atoms with Crippen LogP contribution in [0, 0.1) is 0 Å². The molecule has 0 saturated carbocycles. The van der Waals surface area contributed by atoms with Crippen LogP contribution in [0.2, 0.25) is 0 Å². The van der Waals surface area contributed by atoms with E-state index in [0.717, 1.165) is 43.1 Å². The van der Waals surface area contributed by atoms with E-state index in [-0.39, 0.29) is 18.2 Å². The van der Waals surface area contributed by atoms with Crippen molar-refractivity contribution in [1.29, 1.82) is 0 Å². The molecule has 2 aromatic heterocycles. The lowest BCUT2D eigenvalue weighted by Crippen LogP contribution is -2.32. The summed E-state index contributed by atoms with van der Waals surface area (Å²) in [5, 5.41) is 11.5. The molecular formula is C25H24F3N7O2. The number of anilines is 1. The molecule has 0 aliphatic carbocycles. The first kappa shape index (κ1) is 24.5. The number of benzene rings is 2. The molecule has 192 valence electrons. The fourth-order valence-corrected chi connectivity index (χ4v) is 4.42. The minimum absolute atomic E-state index is 0.105. The Morgan fingerprint density at radius 1 is 1.16 bits per heavy atom. The second kappa shape index (κ2) is 10.1. The first-order valence-corrected chi connectivity index (χ1v) is 11.7. The number of piperidine rings is 1. The molecule has 1 aliphatic heterocycles. The van der Waals surface area contributed by atoms with Crippen LogP contribution in [0.1, 0.15) is 34.8 Å². The van der Waals surface area contributed by atoms with Crippen molar-refractivity contribution in [3.63, 3.8) is 0 Å². The second-order valence-corrected chi connectivity index (χ2v) is 8.67. The van der Waals surface area contributed by atoms with Gasteiger partial charge < -0.3 is 21.1 Å². The average Bonchev–Trinajstić information content (AvgIpc) is 3.28. The number of ether oxygens (including phenoxy) is 1. The number of nitrogen functional groups attached to an aromatic ring is 1. The topological polar surface area (TPSA) is 120 Å². The van der Waals surface area contributed by atoms with Crippen LogP contribution in [0.25, 0.3) is 22.3 Å². The molecule has 4 aromatic rings. The number of para-hydroxylation sites is 1. The Balaban J connectivity index is 1.35. The van der Waals surface area contributed by atoms with E-state index in [4.69, 9.17) is 10.8 Å². The molecule has 12 heteroatoms. The van der Waals surface area contributed by atoms with Crippen LogP contribution in [0.15, 0.2) is 54.9 Å². The molecule has 0 spiro atoms. The summed E-state index contributed by atoms with van der Waals surface area (Å²) in [5.74, 6) is -0.899. The Morgan fingerprint density at radius 2 is 1.95 bits per heavy atom. The number of hydrogen-bond donors (Lipinski definition) is 3. The van der Waals surface area contributed by atoms with Gasteiger partial charge in [0.25, 0.3) is 5.91 Å². The Hall–Kier alpha value is -4.19.